The Morgan fingerprint density at radius 1 is 1.50 bits per heavy atom. The van der Waals surface area contributed by atoms with Crippen molar-refractivity contribution in [1.29, 1.82) is 0 Å². The van der Waals surface area contributed by atoms with E-state index in [-0.39, 0.29) is 11.6 Å². The Kier molecular flexibility index (Phi) is 4.65. The zero-order chi connectivity index (χ0) is 14.9. The monoisotopic (exact) mass is 355 g/mol. The topological polar surface area (TPSA) is 46.9 Å². The number of thiophene rings is 1. The van der Waals surface area contributed by atoms with Crippen LogP contribution in [0.2, 0.25) is 0 Å². The van der Waals surface area contributed by atoms with E-state index in [9.17, 15) is 4.79 Å². The van der Waals surface area contributed by atoms with Crippen LogP contribution in [0.25, 0.3) is 0 Å². The lowest BCUT2D eigenvalue weighted by Crippen LogP contribution is -2.24. The highest BCUT2D eigenvalue weighted by atomic mass is 79.9. The van der Waals surface area contributed by atoms with Gasteiger partial charge in [-0.2, -0.15) is 5.10 Å². The van der Waals surface area contributed by atoms with E-state index in [1.165, 1.54) is 20.0 Å². The zero-order valence-corrected chi connectivity index (χ0v) is 14.4. The van der Waals surface area contributed by atoms with E-state index in [4.69, 9.17) is 0 Å². The third kappa shape index (κ3) is 2.96. The van der Waals surface area contributed by atoms with E-state index < -0.39 is 0 Å². The van der Waals surface area contributed by atoms with E-state index >= 15 is 0 Å². The van der Waals surface area contributed by atoms with Crippen LogP contribution >= 0.6 is 27.3 Å². The fourth-order valence-corrected chi connectivity index (χ4v) is 3.63. The van der Waals surface area contributed by atoms with E-state index in [1.54, 1.807) is 17.5 Å². The average molecular weight is 356 g/mol. The Morgan fingerprint density at radius 2 is 2.20 bits per heavy atom. The van der Waals surface area contributed by atoms with Crippen molar-refractivity contribution in [2.45, 2.75) is 40.3 Å². The summed E-state index contributed by atoms with van der Waals surface area (Å²) in [5.41, 5.74) is 1.89. The molecule has 0 spiro atoms. The quantitative estimate of drug-likeness (QED) is 0.905. The number of aryl methyl sites for hydroxylation is 3. The van der Waals surface area contributed by atoms with Gasteiger partial charge in [0.1, 0.15) is 4.47 Å². The maximum absolute atomic E-state index is 12.0. The summed E-state index contributed by atoms with van der Waals surface area (Å²) in [7, 11) is 0. The van der Waals surface area contributed by atoms with E-state index in [0.29, 0.717) is 11.0 Å². The van der Waals surface area contributed by atoms with Crippen molar-refractivity contribution >= 4 is 33.0 Å². The number of anilines is 1. The molecule has 108 valence electrons. The number of hydrogen-bond acceptors (Lipinski definition) is 4. The predicted molar refractivity (Wildman–Crippen MR) is 87.7 cm³/mol. The molecule has 0 aromatic carbocycles. The fraction of sp³-hybridized carbons (Fsp3) is 0.429. The summed E-state index contributed by atoms with van der Waals surface area (Å²) in [6.07, 6.45) is 1.69. The number of nitrogens with one attached hydrogen (secondary N) is 1. The first-order valence-corrected chi connectivity index (χ1v) is 8.14. The second-order valence-electron chi connectivity index (χ2n) is 4.73. The SMILES string of the molecule is CCn1ncc(NC(C)c2cc(C)sc2C)c(Br)c1=O. The third-order valence-corrected chi connectivity index (χ3v) is 4.95. The third-order valence-electron chi connectivity index (χ3n) is 3.20. The first-order chi connectivity index (χ1) is 9.43. The van der Waals surface area contributed by atoms with Crippen LogP contribution in [0, 0.1) is 13.8 Å². The summed E-state index contributed by atoms with van der Waals surface area (Å²) in [6, 6.07) is 2.32. The molecular weight excluding hydrogens is 338 g/mol. The number of rotatable bonds is 4. The van der Waals surface area contributed by atoms with E-state index in [0.717, 1.165) is 5.69 Å². The number of hydrogen-bond donors (Lipinski definition) is 1. The molecule has 1 N–H and O–H groups in total. The maximum atomic E-state index is 12.0. The van der Waals surface area contributed by atoms with Crippen LogP contribution in [0.3, 0.4) is 0 Å². The standard InChI is InChI=1S/C14H18BrN3OS/c1-5-18-14(19)13(15)12(7-16-18)17-9(3)11-6-8(2)20-10(11)4/h6-7,9,17H,5H2,1-4H3. The molecule has 0 saturated heterocycles. The van der Waals surface area contributed by atoms with Crippen molar-refractivity contribution in [3.05, 3.63) is 42.4 Å². The predicted octanol–water partition coefficient (Wildman–Crippen LogP) is 3.88. The highest BCUT2D eigenvalue weighted by Crippen LogP contribution is 2.29. The lowest BCUT2D eigenvalue weighted by Gasteiger charge is -2.16. The fourth-order valence-electron chi connectivity index (χ4n) is 2.18. The molecule has 20 heavy (non-hydrogen) atoms. The molecule has 2 heterocycles. The van der Waals surface area contributed by atoms with Gasteiger partial charge in [-0.1, -0.05) is 0 Å². The molecule has 2 rings (SSSR count). The molecule has 0 amide bonds. The van der Waals surface area contributed by atoms with Crippen LogP contribution in [-0.4, -0.2) is 9.78 Å². The molecule has 4 nitrogen and oxygen atoms in total. The van der Waals surface area contributed by atoms with Gasteiger partial charge in [-0.3, -0.25) is 4.79 Å². The molecule has 0 saturated carbocycles. The molecule has 0 radical (unpaired) electrons. The van der Waals surface area contributed by atoms with Gasteiger partial charge in [0.2, 0.25) is 0 Å². The van der Waals surface area contributed by atoms with Crippen LogP contribution in [0.1, 0.15) is 35.2 Å². The Hall–Kier alpha value is -1.14. The van der Waals surface area contributed by atoms with Gasteiger partial charge >= 0.3 is 0 Å². The van der Waals surface area contributed by atoms with Gasteiger partial charge in [0.15, 0.2) is 0 Å². The van der Waals surface area contributed by atoms with E-state index in [2.05, 4.69) is 53.2 Å². The normalized spacial score (nSPS) is 12.4. The Balaban J connectivity index is 2.29. The Labute approximate surface area is 131 Å². The summed E-state index contributed by atoms with van der Waals surface area (Å²) in [5.74, 6) is 0. The molecule has 1 atom stereocenters. The second-order valence-corrected chi connectivity index (χ2v) is 6.98. The van der Waals surface area contributed by atoms with Crippen molar-refractivity contribution in [3.8, 4) is 0 Å². The summed E-state index contributed by atoms with van der Waals surface area (Å²) >= 11 is 5.15. The van der Waals surface area contributed by atoms with Crippen molar-refractivity contribution in [1.82, 2.24) is 9.78 Å². The maximum Gasteiger partial charge on any atom is 0.283 e. The Morgan fingerprint density at radius 3 is 2.75 bits per heavy atom. The molecule has 6 heteroatoms. The molecule has 1 unspecified atom stereocenters. The lowest BCUT2D eigenvalue weighted by atomic mass is 10.1. The summed E-state index contributed by atoms with van der Waals surface area (Å²) in [6.45, 7) is 8.78. The molecule has 0 aliphatic heterocycles. The van der Waals surface area contributed by atoms with Gasteiger partial charge in [0.25, 0.3) is 5.56 Å². The van der Waals surface area contributed by atoms with Crippen LogP contribution < -0.4 is 10.9 Å². The summed E-state index contributed by atoms with van der Waals surface area (Å²) in [4.78, 5) is 14.6. The van der Waals surface area contributed by atoms with Crippen LogP contribution in [0.5, 0.6) is 0 Å². The summed E-state index contributed by atoms with van der Waals surface area (Å²) in [5, 5.41) is 7.50. The number of aromatic nitrogens is 2. The van der Waals surface area contributed by atoms with Crippen molar-refractivity contribution in [3.63, 3.8) is 0 Å². The molecule has 0 aliphatic rings. The van der Waals surface area contributed by atoms with Crippen molar-refractivity contribution < 1.29 is 0 Å². The van der Waals surface area contributed by atoms with Gasteiger partial charge in [-0.05, 0) is 55.3 Å². The minimum Gasteiger partial charge on any atom is -0.376 e. The van der Waals surface area contributed by atoms with E-state index in [1.807, 2.05) is 6.92 Å². The summed E-state index contributed by atoms with van der Waals surface area (Å²) < 4.78 is 1.96. The second kappa shape index (κ2) is 6.10. The van der Waals surface area contributed by atoms with Crippen molar-refractivity contribution in [2.75, 3.05) is 5.32 Å². The molecular formula is C14H18BrN3OS. The minimum absolute atomic E-state index is 0.108. The van der Waals surface area contributed by atoms with Gasteiger partial charge in [-0.25, -0.2) is 4.68 Å². The smallest absolute Gasteiger partial charge is 0.283 e. The van der Waals surface area contributed by atoms with Gasteiger partial charge in [0, 0.05) is 22.3 Å². The van der Waals surface area contributed by atoms with Gasteiger partial charge in [-0.15, -0.1) is 11.3 Å². The highest BCUT2D eigenvalue weighted by Gasteiger charge is 2.14. The first kappa shape index (κ1) is 15.3. The molecule has 2 aromatic heterocycles. The molecule has 0 bridgehead atoms. The van der Waals surface area contributed by atoms with Crippen LogP contribution in [0.15, 0.2) is 21.5 Å². The minimum atomic E-state index is -0.108. The van der Waals surface area contributed by atoms with Crippen molar-refractivity contribution in [2.24, 2.45) is 0 Å². The molecule has 0 fully saturated rings. The number of halogens is 1. The molecule has 2 aromatic rings. The van der Waals surface area contributed by atoms with Crippen LogP contribution in [0.4, 0.5) is 5.69 Å². The first-order valence-electron chi connectivity index (χ1n) is 6.53. The van der Waals surface area contributed by atoms with Gasteiger partial charge in [0.05, 0.1) is 11.9 Å². The number of nitrogens with zero attached hydrogens (tertiary/aromatic N) is 2. The largest absolute Gasteiger partial charge is 0.376 e. The lowest BCUT2D eigenvalue weighted by molar-refractivity contribution is 0.612. The Bertz CT molecular complexity index is 678. The molecule has 0 aliphatic carbocycles. The zero-order valence-electron chi connectivity index (χ0n) is 12.0. The average Bonchev–Trinajstić information content (AvgIpc) is 2.74. The van der Waals surface area contributed by atoms with Crippen LogP contribution in [-0.2, 0) is 6.54 Å². The van der Waals surface area contributed by atoms with Gasteiger partial charge < -0.3 is 5.32 Å². The highest BCUT2D eigenvalue weighted by molar-refractivity contribution is 9.10.